The largest absolute Gasteiger partial charge is 0.488 e. The van der Waals surface area contributed by atoms with Crippen LogP contribution in [0.3, 0.4) is 0 Å². The Morgan fingerprint density at radius 3 is 2.76 bits per heavy atom. The van der Waals surface area contributed by atoms with Crippen LogP contribution in [-0.2, 0) is 9.53 Å². The summed E-state index contributed by atoms with van der Waals surface area (Å²) in [5, 5.41) is 0.971. The van der Waals surface area contributed by atoms with Gasteiger partial charge in [-0.25, -0.2) is 4.79 Å². The van der Waals surface area contributed by atoms with Crippen molar-refractivity contribution in [3.8, 4) is 5.75 Å². The third-order valence-corrected chi connectivity index (χ3v) is 2.31. The number of hydrogen-bond acceptors (Lipinski definition) is 3. The maximum Gasteiger partial charge on any atom is 0.330 e. The molecule has 0 amide bonds. The molecule has 5 heteroatoms. The molecule has 17 heavy (non-hydrogen) atoms. The predicted octanol–water partition coefficient (Wildman–Crippen LogP) is 3.49. The molecular formula is C12H12Cl2O3. The monoisotopic (exact) mass is 274 g/mol. The zero-order chi connectivity index (χ0) is 12.7. The second-order valence-corrected chi connectivity index (χ2v) is 3.93. The highest BCUT2D eigenvalue weighted by molar-refractivity contribution is 6.35. The highest BCUT2D eigenvalue weighted by Crippen LogP contribution is 2.27. The molecule has 1 aromatic carbocycles. The van der Waals surface area contributed by atoms with E-state index >= 15 is 0 Å². The number of esters is 1. The smallest absolute Gasteiger partial charge is 0.330 e. The van der Waals surface area contributed by atoms with Gasteiger partial charge in [0.05, 0.1) is 5.02 Å². The van der Waals surface area contributed by atoms with Crippen LogP contribution in [0.15, 0.2) is 30.4 Å². The third-order valence-electron chi connectivity index (χ3n) is 1.78. The Bertz CT molecular complexity index is 416. The second-order valence-electron chi connectivity index (χ2n) is 3.09. The molecular weight excluding hydrogens is 263 g/mol. The minimum Gasteiger partial charge on any atom is -0.488 e. The van der Waals surface area contributed by atoms with E-state index in [1.165, 1.54) is 6.08 Å². The molecule has 0 atom stereocenters. The summed E-state index contributed by atoms with van der Waals surface area (Å²) in [6.07, 6.45) is 2.95. The summed E-state index contributed by atoms with van der Waals surface area (Å²) in [5.41, 5.74) is 0. The van der Waals surface area contributed by atoms with Crippen LogP contribution >= 0.6 is 23.2 Å². The highest BCUT2D eigenvalue weighted by atomic mass is 35.5. The van der Waals surface area contributed by atoms with E-state index in [2.05, 4.69) is 0 Å². The van der Waals surface area contributed by atoms with Crippen molar-refractivity contribution in [2.75, 3.05) is 13.2 Å². The van der Waals surface area contributed by atoms with Gasteiger partial charge in [-0.05, 0) is 25.1 Å². The molecule has 0 aliphatic heterocycles. The molecule has 0 radical (unpaired) electrons. The molecule has 0 N–H and O–H groups in total. The number of carbonyl (C=O) groups excluding carboxylic acids is 1. The first kappa shape index (κ1) is 13.9. The first-order valence-corrected chi connectivity index (χ1v) is 5.76. The number of hydrogen-bond donors (Lipinski definition) is 0. The third kappa shape index (κ3) is 5.11. The fraction of sp³-hybridized carbons (Fsp3) is 0.250. The lowest BCUT2D eigenvalue weighted by atomic mass is 10.3. The van der Waals surface area contributed by atoms with Crippen molar-refractivity contribution in [1.29, 1.82) is 0 Å². The summed E-state index contributed by atoms with van der Waals surface area (Å²) >= 11 is 11.6. The zero-order valence-corrected chi connectivity index (χ0v) is 10.8. The number of allylic oxidation sites excluding steroid dienone is 1. The van der Waals surface area contributed by atoms with E-state index in [0.29, 0.717) is 15.8 Å². The van der Waals surface area contributed by atoms with Gasteiger partial charge >= 0.3 is 5.97 Å². The van der Waals surface area contributed by atoms with Crippen LogP contribution in [0.5, 0.6) is 5.75 Å². The summed E-state index contributed by atoms with van der Waals surface area (Å²) in [4.78, 5) is 11.0. The van der Waals surface area contributed by atoms with Crippen LogP contribution in [0.25, 0.3) is 0 Å². The summed E-state index contributed by atoms with van der Waals surface area (Å²) < 4.78 is 10.2. The molecule has 0 saturated heterocycles. The lowest BCUT2D eigenvalue weighted by molar-refractivity contribution is -0.138. The van der Waals surface area contributed by atoms with E-state index in [0.717, 1.165) is 0 Å². The molecule has 0 aromatic heterocycles. The van der Waals surface area contributed by atoms with E-state index in [4.69, 9.17) is 32.7 Å². The minimum atomic E-state index is -0.390. The van der Waals surface area contributed by atoms with Crippen molar-refractivity contribution >= 4 is 29.2 Å². The van der Waals surface area contributed by atoms with Gasteiger partial charge in [0.15, 0.2) is 0 Å². The van der Waals surface area contributed by atoms with Gasteiger partial charge in [-0.1, -0.05) is 29.3 Å². The summed E-state index contributed by atoms with van der Waals surface area (Å²) in [6.45, 7) is 2.15. The van der Waals surface area contributed by atoms with Crippen molar-refractivity contribution in [3.05, 3.63) is 40.4 Å². The van der Waals surface area contributed by atoms with Gasteiger partial charge in [0.2, 0.25) is 0 Å². The fourth-order valence-electron chi connectivity index (χ4n) is 1.07. The lowest BCUT2D eigenvalue weighted by Crippen LogP contribution is -2.10. The van der Waals surface area contributed by atoms with E-state index in [-0.39, 0.29) is 13.2 Å². The fourth-order valence-corrected chi connectivity index (χ4v) is 1.53. The normalized spacial score (nSPS) is 10.5. The number of benzene rings is 1. The van der Waals surface area contributed by atoms with Crippen LogP contribution in [-0.4, -0.2) is 19.2 Å². The molecule has 0 fully saturated rings. The van der Waals surface area contributed by atoms with Crippen LogP contribution in [0.4, 0.5) is 0 Å². The first-order chi connectivity index (χ1) is 8.13. The van der Waals surface area contributed by atoms with Gasteiger partial charge in [-0.2, -0.15) is 0 Å². The maximum absolute atomic E-state index is 11.0. The van der Waals surface area contributed by atoms with Crippen molar-refractivity contribution in [2.24, 2.45) is 0 Å². The number of carbonyl (C=O) groups is 1. The van der Waals surface area contributed by atoms with Gasteiger partial charge in [0.1, 0.15) is 19.0 Å². The Labute approximate surface area is 110 Å². The van der Waals surface area contributed by atoms with Crippen LogP contribution in [0.1, 0.15) is 6.92 Å². The Morgan fingerprint density at radius 1 is 1.35 bits per heavy atom. The topological polar surface area (TPSA) is 35.5 Å². The first-order valence-electron chi connectivity index (χ1n) is 5.01. The lowest BCUT2D eigenvalue weighted by Gasteiger charge is -2.08. The quantitative estimate of drug-likeness (QED) is 0.468. The van der Waals surface area contributed by atoms with E-state index in [1.54, 1.807) is 31.2 Å². The summed E-state index contributed by atoms with van der Waals surface area (Å²) in [6, 6.07) is 4.93. The standard InChI is InChI=1S/C12H12Cl2O3/c1-2-3-12(15)17-7-6-16-11-5-4-9(13)8-10(11)14/h2-5,8H,6-7H2,1H3/b3-2+. The molecule has 0 aliphatic carbocycles. The Morgan fingerprint density at radius 2 is 2.12 bits per heavy atom. The van der Waals surface area contributed by atoms with Gasteiger partial charge in [0, 0.05) is 11.1 Å². The molecule has 0 saturated carbocycles. The molecule has 0 heterocycles. The Balaban J connectivity index is 2.34. The zero-order valence-electron chi connectivity index (χ0n) is 9.28. The van der Waals surface area contributed by atoms with Gasteiger partial charge in [0.25, 0.3) is 0 Å². The molecule has 1 rings (SSSR count). The predicted molar refractivity (Wildman–Crippen MR) is 67.7 cm³/mol. The second kappa shape index (κ2) is 7.20. The molecule has 0 spiro atoms. The van der Waals surface area contributed by atoms with Gasteiger partial charge in [-0.15, -0.1) is 0 Å². The molecule has 92 valence electrons. The van der Waals surface area contributed by atoms with Crippen molar-refractivity contribution in [1.82, 2.24) is 0 Å². The SMILES string of the molecule is C/C=C/C(=O)OCCOc1ccc(Cl)cc1Cl. The van der Waals surface area contributed by atoms with Gasteiger partial charge < -0.3 is 9.47 Å². The average molecular weight is 275 g/mol. The molecule has 3 nitrogen and oxygen atoms in total. The number of ether oxygens (including phenoxy) is 2. The Kier molecular flexibility index (Phi) is 5.87. The van der Waals surface area contributed by atoms with Gasteiger partial charge in [-0.3, -0.25) is 0 Å². The number of rotatable bonds is 5. The minimum absolute atomic E-state index is 0.169. The van der Waals surface area contributed by atoms with Crippen molar-refractivity contribution < 1.29 is 14.3 Å². The molecule has 0 unspecified atom stereocenters. The molecule has 1 aromatic rings. The van der Waals surface area contributed by atoms with E-state index in [1.807, 2.05) is 0 Å². The van der Waals surface area contributed by atoms with Crippen molar-refractivity contribution in [3.63, 3.8) is 0 Å². The van der Waals surface area contributed by atoms with E-state index in [9.17, 15) is 4.79 Å². The summed E-state index contributed by atoms with van der Waals surface area (Å²) in [7, 11) is 0. The molecule has 0 bridgehead atoms. The highest BCUT2D eigenvalue weighted by Gasteiger charge is 2.02. The van der Waals surface area contributed by atoms with Crippen LogP contribution in [0, 0.1) is 0 Å². The van der Waals surface area contributed by atoms with Crippen LogP contribution < -0.4 is 4.74 Å². The number of halogens is 2. The van der Waals surface area contributed by atoms with Crippen molar-refractivity contribution in [2.45, 2.75) is 6.92 Å². The molecule has 0 aliphatic rings. The van der Waals surface area contributed by atoms with E-state index < -0.39 is 5.97 Å². The Hall–Kier alpha value is -1.19. The average Bonchev–Trinajstić information content (AvgIpc) is 2.27. The maximum atomic E-state index is 11.0. The summed E-state index contributed by atoms with van der Waals surface area (Å²) in [5.74, 6) is 0.122. The van der Waals surface area contributed by atoms with Crippen LogP contribution in [0.2, 0.25) is 10.0 Å².